The SMILES string of the molecule is COc1cc(OC)cc(C2=CC(Cl)CCC2)c1. The Balaban J connectivity index is 2.37. The topological polar surface area (TPSA) is 18.5 Å². The molecule has 0 fully saturated rings. The molecule has 0 saturated heterocycles. The van der Waals surface area contributed by atoms with E-state index in [2.05, 4.69) is 6.08 Å². The van der Waals surface area contributed by atoms with Gasteiger partial charge in [0.2, 0.25) is 0 Å². The molecular formula is C14H17ClO2. The van der Waals surface area contributed by atoms with Crippen molar-refractivity contribution >= 4 is 17.2 Å². The van der Waals surface area contributed by atoms with Crippen molar-refractivity contribution in [1.82, 2.24) is 0 Å². The standard InChI is InChI=1S/C14H17ClO2/c1-16-13-7-11(8-14(9-13)17-2)10-4-3-5-12(15)6-10/h6-9,12H,3-5H2,1-2H3. The highest BCUT2D eigenvalue weighted by Crippen LogP contribution is 2.33. The average Bonchev–Trinajstić information content (AvgIpc) is 2.38. The Bertz CT molecular complexity index is 404. The zero-order valence-electron chi connectivity index (χ0n) is 10.2. The number of methoxy groups -OCH3 is 2. The van der Waals surface area contributed by atoms with E-state index in [1.54, 1.807) is 14.2 Å². The zero-order chi connectivity index (χ0) is 12.3. The van der Waals surface area contributed by atoms with Gasteiger partial charge in [-0.25, -0.2) is 0 Å². The summed E-state index contributed by atoms with van der Waals surface area (Å²) < 4.78 is 10.5. The molecule has 92 valence electrons. The molecule has 1 atom stereocenters. The minimum atomic E-state index is 0.149. The summed E-state index contributed by atoms with van der Waals surface area (Å²) in [4.78, 5) is 0. The molecule has 0 aliphatic heterocycles. The Kier molecular flexibility index (Phi) is 3.95. The van der Waals surface area contributed by atoms with Crippen LogP contribution in [0.1, 0.15) is 24.8 Å². The highest BCUT2D eigenvalue weighted by atomic mass is 35.5. The van der Waals surface area contributed by atoms with Gasteiger partial charge in [0.1, 0.15) is 11.5 Å². The van der Waals surface area contributed by atoms with Gasteiger partial charge in [-0.3, -0.25) is 0 Å². The molecule has 1 unspecified atom stereocenters. The fourth-order valence-electron chi connectivity index (χ4n) is 2.11. The molecule has 0 N–H and O–H groups in total. The van der Waals surface area contributed by atoms with Crippen molar-refractivity contribution in [3.63, 3.8) is 0 Å². The molecule has 1 aromatic carbocycles. The Morgan fingerprint density at radius 3 is 2.29 bits per heavy atom. The third kappa shape index (κ3) is 2.95. The molecule has 0 radical (unpaired) electrons. The number of allylic oxidation sites excluding steroid dienone is 2. The van der Waals surface area contributed by atoms with Crippen LogP contribution < -0.4 is 9.47 Å². The van der Waals surface area contributed by atoms with E-state index in [1.807, 2.05) is 18.2 Å². The van der Waals surface area contributed by atoms with E-state index in [0.29, 0.717) is 0 Å². The quantitative estimate of drug-likeness (QED) is 0.760. The Hall–Kier alpha value is -1.15. The molecule has 1 aromatic rings. The summed E-state index contributed by atoms with van der Waals surface area (Å²) in [5.41, 5.74) is 2.43. The van der Waals surface area contributed by atoms with Crippen LogP contribution in [-0.4, -0.2) is 19.6 Å². The van der Waals surface area contributed by atoms with Gasteiger partial charge in [0.15, 0.2) is 0 Å². The van der Waals surface area contributed by atoms with Gasteiger partial charge < -0.3 is 9.47 Å². The summed E-state index contributed by atoms with van der Waals surface area (Å²) in [6.07, 6.45) is 5.41. The number of ether oxygens (including phenoxy) is 2. The van der Waals surface area contributed by atoms with Gasteiger partial charge in [0.05, 0.1) is 19.6 Å². The lowest BCUT2D eigenvalue weighted by Crippen LogP contribution is -2.03. The van der Waals surface area contributed by atoms with Crippen LogP contribution in [-0.2, 0) is 0 Å². The zero-order valence-corrected chi connectivity index (χ0v) is 11.0. The second kappa shape index (κ2) is 5.46. The minimum Gasteiger partial charge on any atom is -0.497 e. The molecule has 0 aromatic heterocycles. The molecule has 1 aliphatic rings. The maximum Gasteiger partial charge on any atom is 0.123 e. The molecule has 1 aliphatic carbocycles. The molecule has 17 heavy (non-hydrogen) atoms. The van der Waals surface area contributed by atoms with Gasteiger partial charge in [0, 0.05) is 6.07 Å². The number of benzene rings is 1. The van der Waals surface area contributed by atoms with Crippen molar-refractivity contribution in [2.75, 3.05) is 14.2 Å². The Labute approximate surface area is 107 Å². The van der Waals surface area contributed by atoms with Gasteiger partial charge >= 0.3 is 0 Å². The summed E-state index contributed by atoms with van der Waals surface area (Å²) in [7, 11) is 3.33. The summed E-state index contributed by atoms with van der Waals surface area (Å²) in [6, 6.07) is 5.94. The number of hydrogen-bond acceptors (Lipinski definition) is 2. The summed E-state index contributed by atoms with van der Waals surface area (Å²) in [5.74, 6) is 1.63. The lowest BCUT2D eigenvalue weighted by molar-refractivity contribution is 0.394. The van der Waals surface area contributed by atoms with Gasteiger partial charge in [-0.1, -0.05) is 6.08 Å². The summed E-state index contributed by atoms with van der Waals surface area (Å²) >= 11 is 6.17. The van der Waals surface area contributed by atoms with Crippen molar-refractivity contribution in [2.45, 2.75) is 24.6 Å². The van der Waals surface area contributed by atoms with Crippen molar-refractivity contribution in [1.29, 1.82) is 0 Å². The van der Waals surface area contributed by atoms with E-state index < -0.39 is 0 Å². The largest absolute Gasteiger partial charge is 0.497 e. The fourth-order valence-corrected chi connectivity index (χ4v) is 2.41. The van der Waals surface area contributed by atoms with Crippen LogP contribution in [0.4, 0.5) is 0 Å². The fraction of sp³-hybridized carbons (Fsp3) is 0.429. The first-order valence-electron chi connectivity index (χ1n) is 5.81. The maximum absolute atomic E-state index is 6.17. The lowest BCUT2D eigenvalue weighted by atomic mass is 9.93. The molecule has 0 bridgehead atoms. The molecule has 2 nitrogen and oxygen atoms in total. The van der Waals surface area contributed by atoms with E-state index in [-0.39, 0.29) is 5.38 Å². The normalized spacial score (nSPS) is 19.7. The summed E-state index contributed by atoms with van der Waals surface area (Å²) in [6.45, 7) is 0. The van der Waals surface area contributed by atoms with E-state index in [1.165, 1.54) is 5.57 Å². The average molecular weight is 253 g/mol. The summed E-state index contributed by atoms with van der Waals surface area (Å²) in [5, 5.41) is 0.149. The van der Waals surface area contributed by atoms with Gasteiger partial charge in [-0.15, -0.1) is 11.6 Å². The van der Waals surface area contributed by atoms with Crippen LogP contribution in [0.15, 0.2) is 24.3 Å². The van der Waals surface area contributed by atoms with Crippen LogP contribution in [0.3, 0.4) is 0 Å². The van der Waals surface area contributed by atoms with Crippen molar-refractivity contribution in [3.05, 3.63) is 29.8 Å². The third-order valence-corrected chi connectivity index (χ3v) is 3.37. The van der Waals surface area contributed by atoms with Crippen LogP contribution in [0.2, 0.25) is 0 Å². The lowest BCUT2D eigenvalue weighted by Gasteiger charge is -2.18. The van der Waals surface area contributed by atoms with E-state index >= 15 is 0 Å². The molecule has 0 saturated carbocycles. The smallest absolute Gasteiger partial charge is 0.123 e. The van der Waals surface area contributed by atoms with Gasteiger partial charge in [0.25, 0.3) is 0 Å². The molecule has 0 heterocycles. The monoisotopic (exact) mass is 252 g/mol. The van der Waals surface area contributed by atoms with Crippen LogP contribution >= 0.6 is 11.6 Å². The van der Waals surface area contributed by atoms with Crippen molar-refractivity contribution < 1.29 is 9.47 Å². The van der Waals surface area contributed by atoms with E-state index in [9.17, 15) is 0 Å². The molecule has 2 rings (SSSR count). The molecule has 0 spiro atoms. The predicted octanol–water partition coefficient (Wildman–Crippen LogP) is 3.88. The predicted molar refractivity (Wildman–Crippen MR) is 71.0 cm³/mol. The van der Waals surface area contributed by atoms with Crippen LogP contribution in [0.5, 0.6) is 11.5 Å². The van der Waals surface area contributed by atoms with Crippen molar-refractivity contribution in [2.24, 2.45) is 0 Å². The third-order valence-electron chi connectivity index (χ3n) is 3.03. The molecule has 3 heteroatoms. The van der Waals surface area contributed by atoms with E-state index in [0.717, 1.165) is 36.3 Å². The van der Waals surface area contributed by atoms with E-state index in [4.69, 9.17) is 21.1 Å². The first-order valence-corrected chi connectivity index (χ1v) is 6.25. The number of alkyl halides is 1. The number of rotatable bonds is 3. The van der Waals surface area contributed by atoms with Gasteiger partial charge in [-0.05, 0) is 42.5 Å². The van der Waals surface area contributed by atoms with Crippen molar-refractivity contribution in [3.8, 4) is 11.5 Å². The first kappa shape index (κ1) is 12.3. The van der Waals surface area contributed by atoms with Crippen LogP contribution in [0.25, 0.3) is 5.57 Å². The second-order valence-corrected chi connectivity index (χ2v) is 4.76. The number of hydrogen-bond donors (Lipinski definition) is 0. The van der Waals surface area contributed by atoms with Crippen LogP contribution in [0, 0.1) is 0 Å². The Morgan fingerprint density at radius 2 is 1.76 bits per heavy atom. The highest BCUT2D eigenvalue weighted by Gasteiger charge is 2.14. The maximum atomic E-state index is 6.17. The van der Waals surface area contributed by atoms with Gasteiger partial charge in [-0.2, -0.15) is 0 Å². The number of halogens is 1. The minimum absolute atomic E-state index is 0.149. The first-order chi connectivity index (χ1) is 8.22. The molecular weight excluding hydrogens is 236 g/mol. The highest BCUT2D eigenvalue weighted by molar-refractivity contribution is 6.22. The molecule has 0 amide bonds. The second-order valence-electron chi connectivity index (χ2n) is 4.20. The Morgan fingerprint density at radius 1 is 1.12 bits per heavy atom.